The van der Waals surface area contributed by atoms with Gasteiger partial charge in [-0.1, -0.05) is 54.2 Å². The number of esters is 1. The highest BCUT2D eigenvalue weighted by Crippen LogP contribution is 2.20. The maximum absolute atomic E-state index is 13.5. The maximum atomic E-state index is 13.5. The fourth-order valence-corrected chi connectivity index (χ4v) is 5.05. The van der Waals surface area contributed by atoms with Crippen LogP contribution in [0.2, 0.25) is 0 Å². The molecule has 1 aliphatic heterocycles. The van der Waals surface area contributed by atoms with Crippen LogP contribution in [0.5, 0.6) is 0 Å². The third-order valence-corrected chi connectivity index (χ3v) is 7.68. The number of amides is 3. The summed E-state index contributed by atoms with van der Waals surface area (Å²) in [6.07, 6.45) is 6.16. The minimum absolute atomic E-state index is 0.00238. The molecule has 1 aromatic heterocycles. The predicted octanol–water partition coefficient (Wildman–Crippen LogP) is 3.32. The van der Waals surface area contributed by atoms with E-state index in [4.69, 9.17) is 4.74 Å². The first-order chi connectivity index (χ1) is 20.2. The molecule has 2 heterocycles. The molecule has 3 amide bonds. The van der Waals surface area contributed by atoms with Crippen LogP contribution < -0.4 is 16.0 Å². The average Bonchev–Trinajstić information content (AvgIpc) is 2.97. The molecule has 10 nitrogen and oxygen atoms in total. The number of benzene rings is 1. The van der Waals surface area contributed by atoms with E-state index in [9.17, 15) is 24.0 Å². The molecule has 3 N–H and O–H groups in total. The van der Waals surface area contributed by atoms with Gasteiger partial charge in [0.2, 0.25) is 5.91 Å². The number of nitrogens with one attached hydrogen (secondary N) is 3. The Bertz CT molecular complexity index is 1360. The Balaban J connectivity index is 1.95. The van der Waals surface area contributed by atoms with Crippen LogP contribution in [-0.4, -0.2) is 57.9 Å². The van der Waals surface area contributed by atoms with Crippen LogP contribution in [0.1, 0.15) is 48.4 Å². The smallest absolute Gasteiger partial charge is 0.329 e. The van der Waals surface area contributed by atoms with Crippen molar-refractivity contribution in [1.82, 2.24) is 20.9 Å². The molecule has 3 rings (SSSR count). The lowest BCUT2D eigenvalue weighted by Gasteiger charge is -2.22. The predicted molar refractivity (Wildman–Crippen MR) is 163 cm³/mol. The molecule has 2 aromatic rings. The fourth-order valence-electron chi connectivity index (χ4n) is 3.98. The van der Waals surface area contributed by atoms with E-state index in [-0.39, 0.29) is 35.9 Å². The van der Waals surface area contributed by atoms with Gasteiger partial charge >= 0.3 is 5.97 Å². The normalized spacial score (nSPS) is 19.6. The summed E-state index contributed by atoms with van der Waals surface area (Å²) in [4.78, 5) is 69.1. The van der Waals surface area contributed by atoms with Crippen molar-refractivity contribution < 1.29 is 28.7 Å². The van der Waals surface area contributed by atoms with E-state index >= 15 is 0 Å². The molecule has 0 saturated carbocycles. The number of pyridine rings is 1. The molecular weight excluding hydrogens is 576 g/mol. The van der Waals surface area contributed by atoms with E-state index in [0.29, 0.717) is 22.8 Å². The molecule has 42 heavy (non-hydrogen) atoms. The van der Waals surface area contributed by atoms with Crippen molar-refractivity contribution in [3.05, 3.63) is 83.3 Å². The number of hydrogen-bond donors (Lipinski definition) is 3. The van der Waals surface area contributed by atoms with Crippen LogP contribution >= 0.6 is 23.5 Å². The van der Waals surface area contributed by atoms with Crippen molar-refractivity contribution in [2.24, 2.45) is 0 Å². The van der Waals surface area contributed by atoms with Gasteiger partial charge in [0, 0.05) is 24.0 Å². The molecule has 0 fully saturated rings. The number of nitrogens with zero attached hydrogens (tertiary/aromatic N) is 1. The molecule has 0 aliphatic carbocycles. The first-order valence-corrected chi connectivity index (χ1v) is 15.5. The average molecular weight is 611 g/mol. The molecule has 2 atom stereocenters. The minimum Gasteiger partial charge on any atom is -0.456 e. The summed E-state index contributed by atoms with van der Waals surface area (Å²) in [7, 11) is 0. The number of carbonyl (C=O) groups excluding carboxylic acids is 5. The maximum Gasteiger partial charge on any atom is 0.329 e. The lowest BCUT2D eigenvalue weighted by molar-refractivity contribution is -0.151. The van der Waals surface area contributed by atoms with Gasteiger partial charge in [0.15, 0.2) is 5.12 Å². The number of rotatable bonds is 7. The number of fused-ring (bicyclic) bond motifs is 2. The van der Waals surface area contributed by atoms with Crippen LogP contribution in [0.3, 0.4) is 0 Å². The first kappa shape index (κ1) is 32.6. The second-order valence-electron chi connectivity index (χ2n) is 9.24. The Morgan fingerprint density at radius 3 is 2.55 bits per heavy atom. The van der Waals surface area contributed by atoms with Crippen LogP contribution in [0.25, 0.3) is 0 Å². The highest BCUT2D eigenvalue weighted by molar-refractivity contribution is 8.13. The van der Waals surface area contributed by atoms with E-state index in [2.05, 4.69) is 20.9 Å². The Labute approximate surface area is 253 Å². The Morgan fingerprint density at radius 1 is 1.10 bits per heavy atom. The van der Waals surface area contributed by atoms with Crippen molar-refractivity contribution >= 4 is 52.3 Å². The molecule has 1 aromatic carbocycles. The summed E-state index contributed by atoms with van der Waals surface area (Å²) in [5.74, 6) is -1.87. The van der Waals surface area contributed by atoms with Gasteiger partial charge in [-0.2, -0.15) is 0 Å². The zero-order valence-corrected chi connectivity index (χ0v) is 25.3. The van der Waals surface area contributed by atoms with Gasteiger partial charge in [-0.3, -0.25) is 19.2 Å². The van der Waals surface area contributed by atoms with Gasteiger partial charge in [0.25, 0.3) is 11.8 Å². The molecule has 0 saturated heterocycles. The third-order valence-electron chi connectivity index (χ3n) is 6.07. The van der Waals surface area contributed by atoms with Gasteiger partial charge in [0.1, 0.15) is 23.5 Å². The second kappa shape index (κ2) is 16.5. The van der Waals surface area contributed by atoms with Crippen LogP contribution in [0, 0.1) is 0 Å². The number of ether oxygens (including phenoxy) is 1. The molecule has 2 bridgehead atoms. The monoisotopic (exact) mass is 610 g/mol. The lowest BCUT2D eigenvalue weighted by Crippen LogP contribution is -2.47. The van der Waals surface area contributed by atoms with Crippen molar-refractivity contribution in [3.63, 3.8) is 0 Å². The summed E-state index contributed by atoms with van der Waals surface area (Å²) < 4.78 is 5.75. The number of thioether (sulfide) groups is 2. The standard InChI is InChI=1S/C30H34N4O6S2/c1-4-23-28(37)34-24(16-20-10-6-5-7-11-20)30(39)40-22(12-8-9-15-42-19(2)35)17-26(36)31-18-21-13-14-25(41-3)27(32-21)29(38)33-23/h4-8,10-14,22,24H,9,15-18H2,1-3H3,(H,31,36)(H,33,38)(H,34,37)/b12-8+,23-4-/t22-,24+/m1/s1. The van der Waals surface area contributed by atoms with E-state index in [0.717, 1.165) is 5.56 Å². The molecule has 0 spiro atoms. The highest BCUT2D eigenvalue weighted by Gasteiger charge is 2.28. The van der Waals surface area contributed by atoms with Gasteiger partial charge in [0.05, 0.1) is 18.7 Å². The zero-order valence-electron chi connectivity index (χ0n) is 23.7. The number of aromatic nitrogens is 1. The van der Waals surface area contributed by atoms with Gasteiger partial charge < -0.3 is 20.7 Å². The summed E-state index contributed by atoms with van der Waals surface area (Å²) in [6, 6.07) is 11.4. The van der Waals surface area contributed by atoms with Crippen molar-refractivity contribution in [3.8, 4) is 0 Å². The summed E-state index contributed by atoms with van der Waals surface area (Å²) in [5.41, 5.74) is 1.28. The largest absolute Gasteiger partial charge is 0.456 e. The fraction of sp³-hybridized carbons (Fsp3) is 0.333. The number of hydrogen-bond acceptors (Lipinski definition) is 9. The Kier molecular flexibility index (Phi) is 12.8. The Hall–Kier alpha value is -3.90. The second-order valence-corrected chi connectivity index (χ2v) is 11.4. The third kappa shape index (κ3) is 10.2. The van der Waals surface area contributed by atoms with Gasteiger partial charge in [-0.15, -0.1) is 11.8 Å². The van der Waals surface area contributed by atoms with Crippen LogP contribution in [-0.2, 0) is 36.9 Å². The van der Waals surface area contributed by atoms with Gasteiger partial charge in [-0.05, 0) is 43.4 Å². The van der Waals surface area contributed by atoms with E-state index in [1.54, 1.807) is 37.5 Å². The van der Waals surface area contributed by atoms with E-state index in [1.807, 2.05) is 30.3 Å². The minimum atomic E-state index is -1.12. The molecule has 12 heteroatoms. The van der Waals surface area contributed by atoms with Crippen molar-refractivity contribution in [1.29, 1.82) is 0 Å². The molecule has 1 aliphatic rings. The SMILES string of the molecule is C/C=C1\NC(=O)c2nc(ccc2SC)CNC(=O)C[C@@H](/C=C/CCSC(C)=O)OC(=O)[C@H](Cc2ccccc2)NC1=O. The van der Waals surface area contributed by atoms with Gasteiger partial charge in [-0.25, -0.2) is 9.78 Å². The first-order valence-electron chi connectivity index (χ1n) is 13.3. The molecule has 0 unspecified atom stereocenters. The topological polar surface area (TPSA) is 144 Å². The highest BCUT2D eigenvalue weighted by atomic mass is 32.2. The van der Waals surface area contributed by atoms with Crippen molar-refractivity contribution in [2.75, 3.05) is 12.0 Å². The number of carbonyl (C=O) groups is 5. The molecule has 222 valence electrons. The van der Waals surface area contributed by atoms with Crippen LogP contribution in [0.4, 0.5) is 0 Å². The van der Waals surface area contributed by atoms with E-state index < -0.39 is 35.8 Å². The van der Waals surface area contributed by atoms with Crippen molar-refractivity contribution in [2.45, 2.75) is 56.7 Å². The zero-order chi connectivity index (χ0) is 30.5. The molecular formula is C30H34N4O6S2. The summed E-state index contributed by atoms with van der Waals surface area (Å²) in [6.45, 7) is 3.12. The number of cyclic esters (lactones) is 1. The van der Waals surface area contributed by atoms with E-state index in [1.165, 1.54) is 36.5 Å². The quantitative estimate of drug-likeness (QED) is 0.141. The number of allylic oxidation sites excluding steroid dienone is 2. The summed E-state index contributed by atoms with van der Waals surface area (Å²) in [5, 5.41) is 8.06. The molecule has 0 radical (unpaired) electrons. The summed E-state index contributed by atoms with van der Waals surface area (Å²) >= 11 is 2.50. The Morgan fingerprint density at radius 2 is 1.86 bits per heavy atom. The van der Waals surface area contributed by atoms with Crippen LogP contribution in [0.15, 0.2) is 71.3 Å². The lowest BCUT2D eigenvalue weighted by atomic mass is 10.1.